The number of amides is 1. The highest BCUT2D eigenvalue weighted by Gasteiger charge is 2.47. The number of methoxy groups -OCH3 is 2. The summed E-state index contributed by atoms with van der Waals surface area (Å²) in [4.78, 5) is 39.4. The van der Waals surface area contributed by atoms with Crippen LogP contribution < -0.4 is 9.64 Å². The number of hydrogen-bond acceptors (Lipinski definition) is 7. The van der Waals surface area contributed by atoms with E-state index in [1.165, 1.54) is 49.5 Å². The zero-order valence-corrected chi connectivity index (χ0v) is 20.2. The largest absolute Gasteiger partial charge is 0.508 e. The van der Waals surface area contributed by atoms with Gasteiger partial charge < -0.3 is 19.7 Å². The highest BCUT2D eigenvalue weighted by Crippen LogP contribution is 2.43. The molecule has 1 amide bonds. The number of ether oxygens (including phenoxy) is 2. The normalized spacial score (nSPS) is 16.8. The van der Waals surface area contributed by atoms with Gasteiger partial charge in [0.05, 0.1) is 37.3 Å². The molecule has 3 aromatic rings. The summed E-state index contributed by atoms with van der Waals surface area (Å²) in [5.74, 6) is -2.37. The number of Topliss-reactive ketones (excluding diaryl/α,β-unsaturated/α-hetero) is 1. The summed E-state index contributed by atoms with van der Waals surface area (Å²) in [5, 5.41) is 21.6. The van der Waals surface area contributed by atoms with Crippen LogP contribution in [0.5, 0.6) is 11.5 Å². The number of hydrogen-bond donors (Lipinski definition) is 2. The standard InChI is InChI=1S/C27H22ClNO7/c1-35-21-14-17(8-11-20(21)28)25(32)23-24(16-4-3-5-19(30)13-16)29(27(34)26(23)33)18-9-6-15(7-10-18)12-22(31)36-2/h3-11,13-14,24,30,32H,12H2,1-2H3/b25-23-. The number of phenols is 1. The Balaban J connectivity index is 1.87. The summed E-state index contributed by atoms with van der Waals surface area (Å²) in [5.41, 5.74) is 1.51. The second kappa shape index (κ2) is 10.1. The molecule has 0 spiro atoms. The molecule has 184 valence electrons. The second-order valence-electron chi connectivity index (χ2n) is 8.03. The molecule has 1 atom stereocenters. The lowest BCUT2D eigenvalue weighted by atomic mass is 9.95. The Bertz CT molecular complexity index is 1380. The SMILES string of the molecule is COC(=O)Cc1ccc(N2C(=O)C(=O)/C(=C(\O)c3ccc(Cl)c(OC)c3)C2c2cccc(O)c2)cc1. The van der Waals surface area contributed by atoms with Gasteiger partial charge in [0.2, 0.25) is 0 Å². The van der Waals surface area contributed by atoms with Crippen LogP contribution in [-0.4, -0.2) is 42.1 Å². The molecule has 0 bridgehead atoms. The fourth-order valence-electron chi connectivity index (χ4n) is 4.08. The first-order valence-electron chi connectivity index (χ1n) is 10.8. The van der Waals surface area contributed by atoms with Crippen molar-refractivity contribution in [1.29, 1.82) is 0 Å². The maximum Gasteiger partial charge on any atom is 0.309 e. The fraction of sp³-hybridized carbons (Fsp3) is 0.148. The Morgan fingerprint density at radius 1 is 1.03 bits per heavy atom. The molecular formula is C27H22ClNO7. The number of nitrogens with zero attached hydrogens (tertiary/aromatic N) is 1. The first kappa shape index (κ1) is 24.8. The molecule has 1 aliphatic rings. The summed E-state index contributed by atoms with van der Waals surface area (Å²) >= 11 is 6.10. The van der Waals surface area contributed by atoms with E-state index >= 15 is 0 Å². The van der Waals surface area contributed by atoms with Gasteiger partial charge in [-0.3, -0.25) is 19.3 Å². The van der Waals surface area contributed by atoms with E-state index in [-0.39, 0.29) is 29.1 Å². The van der Waals surface area contributed by atoms with Gasteiger partial charge in [0.15, 0.2) is 0 Å². The van der Waals surface area contributed by atoms with E-state index in [2.05, 4.69) is 4.74 Å². The van der Waals surface area contributed by atoms with E-state index in [0.717, 1.165) is 0 Å². The molecule has 1 unspecified atom stereocenters. The number of carbonyl (C=O) groups excluding carboxylic acids is 3. The van der Waals surface area contributed by atoms with Gasteiger partial charge in [0.1, 0.15) is 17.3 Å². The van der Waals surface area contributed by atoms with Crippen molar-refractivity contribution in [3.05, 3.63) is 94.0 Å². The van der Waals surface area contributed by atoms with Crippen LogP contribution in [0.4, 0.5) is 5.69 Å². The van der Waals surface area contributed by atoms with Crippen molar-refractivity contribution in [3.8, 4) is 11.5 Å². The first-order chi connectivity index (χ1) is 17.2. The molecule has 9 heteroatoms. The number of anilines is 1. The Morgan fingerprint density at radius 3 is 2.39 bits per heavy atom. The Kier molecular flexibility index (Phi) is 6.98. The van der Waals surface area contributed by atoms with Crippen LogP contribution >= 0.6 is 11.6 Å². The van der Waals surface area contributed by atoms with E-state index in [1.807, 2.05) is 0 Å². The predicted molar refractivity (Wildman–Crippen MR) is 133 cm³/mol. The number of benzene rings is 3. The summed E-state index contributed by atoms with van der Waals surface area (Å²) in [6.07, 6.45) is 0.0456. The molecule has 36 heavy (non-hydrogen) atoms. The van der Waals surface area contributed by atoms with Crippen molar-refractivity contribution < 1.29 is 34.1 Å². The predicted octanol–water partition coefficient (Wildman–Crippen LogP) is 4.40. The highest BCUT2D eigenvalue weighted by molar-refractivity contribution is 6.51. The van der Waals surface area contributed by atoms with Crippen molar-refractivity contribution in [3.63, 3.8) is 0 Å². The molecule has 0 saturated carbocycles. The summed E-state index contributed by atoms with van der Waals surface area (Å²) in [6, 6.07) is 16.0. The monoisotopic (exact) mass is 507 g/mol. The van der Waals surface area contributed by atoms with E-state index in [4.69, 9.17) is 16.3 Å². The number of esters is 1. The molecule has 3 aromatic carbocycles. The van der Waals surface area contributed by atoms with E-state index in [1.54, 1.807) is 36.4 Å². The lowest BCUT2D eigenvalue weighted by molar-refractivity contribution is -0.139. The molecule has 8 nitrogen and oxygen atoms in total. The third kappa shape index (κ3) is 4.63. The van der Waals surface area contributed by atoms with E-state index < -0.39 is 29.5 Å². The lowest BCUT2D eigenvalue weighted by Gasteiger charge is -2.25. The third-order valence-corrected chi connectivity index (χ3v) is 6.16. The van der Waals surface area contributed by atoms with Gasteiger partial charge in [-0.1, -0.05) is 35.9 Å². The number of ketones is 1. The Labute approximate surface area is 211 Å². The Hall–Kier alpha value is -4.30. The second-order valence-corrected chi connectivity index (χ2v) is 8.44. The van der Waals surface area contributed by atoms with Crippen molar-refractivity contribution >= 4 is 40.7 Å². The smallest absolute Gasteiger partial charge is 0.309 e. The minimum absolute atomic E-state index is 0.0456. The number of aromatic hydroxyl groups is 1. The zero-order chi connectivity index (χ0) is 26.0. The third-order valence-electron chi connectivity index (χ3n) is 5.85. The van der Waals surface area contributed by atoms with Crippen LogP contribution in [0.15, 0.2) is 72.3 Å². The quantitative estimate of drug-likeness (QED) is 0.220. The number of aliphatic hydroxyl groups excluding tert-OH is 1. The molecular weight excluding hydrogens is 486 g/mol. The first-order valence-corrected chi connectivity index (χ1v) is 11.2. The molecule has 1 fully saturated rings. The van der Waals surface area contributed by atoms with Crippen molar-refractivity contribution in [1.82, 2.24) is 0 Å². The number of rotatable bonds is 6. The zero-order valence-electron chi connectivity index (χ0n) is 19.4. The average Bonchev–Trinajstić information content (AvgIpc) is 3.14. The van der Waals surface area contributed by atoms with Gasteiger partial charge in [-0.15, -0.1) is 0 Å². The van der Waals surface area contributed by atoms with Gasteiger partial charge in [-0.2, -0.15) is 0 Å². The van der Waals surface area contributed by atoms with Gasteiger partial charge in [-0.25, -0.2) is 0 Å². The molecule has 4 rings (SSSR count). The fourth-order valence-corrected chi connectivity index (χ4v) is 4.28. The maximum atomic E-state index is 13.3. The van der Waals surface area contributed by atoms with Gasteiger partial charge >= 0.3 is 5.97 Å². The molecule has 2 N–H and O–H groups in total. The molecule has 1 aliphatic heterocycles. The van der Waals surface area contributed by atoms with Crippen molar-refractivity contribution in [2.45, 2.75) is 12.5 Å². The van der Waals surface area contributed by atoms with E-state index in [0.29, 0.717) is 21.8 Å². The van der Waals surface area contributed by atoms with Crippen molar-refractivity contribution in [2.24, 2.45) is 0 Å². The van der Waals surface area contributed by atoms with Crippen LogP contribution in [0.3, 0.4) is 0 Å². The maximum absolute atomic E-state index is 13.3. The minimum atomic E-state index is -1.04. The summed E-state index contributed by atoms with van der Waals surface area (Å²) in [6.45, 7) is 0. The Morgan fingerprint density at radius 2 is 1.75 bits per heavy atom. The van der Waals surface area contributed by atoms with Crippen LogP contribution in [0.2, 0.25) is 5.02 Å². The molecule has 0 radical (unpaired) electrons. The summed E-state index contributed by atoms with van der Waals surface area (Å²) < 4.78 is 9.90. The lowest BCUT2D eigenvalue weighted by Crippen LogP contribution is -2.29. The molecule has 1 heterocycles. The molecule has 0 aliphatic carbocycles. The van der Waals surface area contributed by atoms with Crippen LogP contribution in [0, 0.1) is 0 Å². The summed E-state index contributed by atoms with van der Waals surface area (Å²) in [7, 11) is 2.71. The molecule has 0 aromatic heterocycles. The number of carbonyl (C=O) groups is 3. The number of phenolic OH excluding ortho intramolecular Hbond substituents is 1. The minimum Gasteiger partial charge on any atom is -0.508 e. The average molecular weight is 508 g/mol. The highest BCUT2D eigenvalue weighted by atomic mass is 35.5. The van der Waals surface area contributed by atoms with Gasteiger partial charge in [0.25, 0.3) is 11.7 Å². The van der Waals surface area contributed by atoms with Gasteiger partial charge in [0, 0.05) is 11.3 Å². The van der Waals surface area contributed by atoms with Crippen LogP contribution in [0.1, 0.15) is 22.7 Å². The van der Waals surface area contributed by atoms with Crippen LogP contribution in [0.25, 0.3) is 5.76 Å². The van der Waals surface area contributed by atoms with Crippen molar-refractivity contribution in [2.75, 3.05) is 19.1 Å². The van der Waals surface area contributed by atoms with Crippen LogP contribution in [-0.2, 0) is 25.5 Å². The van der Waals surface area contributed by atoms with E-state index in [9.17, 15) is 24.6 Å². The number of halogens is 1. The number of aliphatic hydroxyl groups is 1. The van der Waals surface area contributed by atoms with Gasteiger partial charge in [-0.05, 0) is 53.6 Å². The topological polar surface area (TPSA) is 113 Å². The molecule has 1 saturated heterocycles.